The lowest BCUT2D eigenvalue weighted by Gasteiger charge is -2.11. The van der Waals surface area contributed by atoms with E-state index in [2.05, 4.69) is 97.0 Å². The van der Waals surface area contributed by atoms with Crippen molar-refractivity contribution in [2.45, 2.75) is 40.2 Å². The molecule has 0 saturated heterocycles. The van der Waals surface area contributed by atoms with Gasteiger partial charge in [0.25, 0.3) is 5.82 Å². The number of nitrogens with zero attached hydrogens (tertiary/aromatic N) is 2. The molecule has 0 unspecified atom stereocenters. The van der Waals surface area contributed by atoms with Gasteiger partial charge in [-0.25, -0.2) is 9.13 Å². The number of rotatable bonds is 4. The molecule has 0 aliphatic heterocycles. The Bertz CT molecular complexity index is 755. The van der Waals surface area contributed by atoms with Gasteiger partial charge in [-0.1, -0.05) is 76.2 Å². The van der Waals surface area contributed by atoms with Crippen LogP contribution in [0.15, 0.2) is 67.0 Å². The van der Waals surface area contributed by atoms with Crippen LogP contribution in [-0.2, 0) is 13.6 Å². The summed E-state index contributed by atoms with van der Waals surface area (Å²) in [7, 11) is 2.12. The molecule has 0 amide bonds. The number of aromatic nitrogens is 2. The number of hydrogen-bond acceptors (Lipinski definition) is 0. The molecule has 0 N–H and O–H groups in total. The van der Waals surface area contributed by atoms with Gasteiger partial charge in [0.05, 0.1) is 12.6 Å². The minimum atomic E-state index is 0.510. The Morgan fingerprint density at radius 2 is 1.54 bits per heavy atom. The molecule has 2 aromatic carbocycles. The molecule has 0 aliphatic carbocycles. The Kier molecular flexibility index (Phi) is 6.36. The molecule has 0 spiro atoms. The molecular formula is C22H29N2+. The van der Waals surface area contributed by atoms with Crippen molar-refractivity contribution < 1.29 is 4.57 Å². The lowest BCUT2D eigenvalue weighted by Crippen LogP contribution is -2.29. The summed E-state index contributed by atoms with van der Waals surface area (Å²) in [6.07, 6.45) is 4.30. The molecule has 0 aliphatic rings. The number of hydrogen-bond donors (Lipinski definition) is 0. The highest BCUT2D eigenvalue weighted by Crippen LogP contribution is 2.27. The van der Waals surface area contributed by atoms with E-state index in [-0.39, 0.29) is 0 Å². The third-order valence-electron chi connectivity index (χ3n) is 4.10. The van der Waals surface area contributed by atoms with Crippen LogP contribution in [0.4, 0.5) is 0 Å². The number of imidazole rings is 1. The van der Waals surface area contributed by atoms with Gasteiger partial charge in [0.2, 0.25) is 0 Å². The van der Waals surface area contributed by atoms with Crippen LogP contribution < -0.4 is 4.57 Å². The second-order valence-corrected chi connectivity index (χ2v) is 6.09. The molecule has 3 aromatic rings. The molecule has 2 heteroatoms. The first-order chi connectivity index (χ1) is 11.7. The van der Waals surface area contributed by atoms with Gasteiger partial charge < -0.3 is 0 Å². The quantitative estimate of drug-likeness (QED) is 0.586. The molecule has 2 nitrogen and oxygen atoms in total. The normalized spacial score (nSPS) is 10.4. The van der Waals surface area contributed by atoms with Gasteiger partial charge in [-0.05, 0) is 23.1 Å². The van der Waals surface area contributed by atoms with Crippen LogP contribution in [0.2, 0.25) is 0 Å². The van der Waals surface area contributed by atoms with Crippen LogP contribution in [0, 0.1) is 0 Å². The summed E-state index contributed by atoms with van der Waals surface area (Å²) >= 11 is 0. The van der Waals surface area contributed by atoms with E-state index in [1.807, 2.05) is 13.8 Å². The summed E-state index contributed by atoms with van der Waals surface area (Å²) in [5.74, 6) is 1.77. The largest absolute Gasteiger partial charge is 0.289 e. The molecule has 0 radical (unpaired) electrons. The Morgan fingerprint density at radius 3 is 2.21 bits per heavy atom. The van der Waals surface area contributed by atoms with E-state index in [0.29, 0.717) is 5.92 Å². The van der Waals surface area contributed by atoms with Crippen molar-refractivity contribution in [2.75, 3.05) is 0 Å². The van der Waals surface area contributed by atoms with Crippen LogP contribution in [-0.4, -0.2) is 4.57 Å². The first-order valence-electron chi connectivity index (χ1n) is 8.85. The smallest absolute Gasteiger partial charge is 0.233 e. The van der Waals surface area contributed by atoms with Gasteiger partial charge >= 0.3 is 0 Å². The Hall–Kier alpha value is -2.35. The summed E-state index contributed by atoms with van der Waals surface area (Å²) in [6, 6.07) is 19.3. The topological polar surface area (TPSA) is 8.81 Å². The van der Waals surface area contributed by atoms with Crippen molar-refractivity contribution in [3.05, 3.63) is 78.1 Å². The van der Waals surface area contributed by atoms with Crippen LogP contribution >= 0.6 is 0 Å². The van der Waals surface area contributed by atoms with Crippen molar-refractivity contribution in [2.24, 2.45) is 7.05 Å². The summed E-state index contributed by atoms with van der Waals surface area (Å²) in [6.45, 7) is 9.40. The Morgan fingerprint density at radius 1 is 0.917 bits per heavy atom. The fourth-order valence-electron chi connectivity index (χ4n) is 2.98. The fraction of sp³-hybridized carbons (Fsp3) is 0.318. The highest BCUT2D eigenvalue weighted by atomic mass is 15.1. The Labute approximate surface area is 146 Å². The van der Waals surface area contributed by atoms with Crippen LogP contribution in [0.5, 0.6) is 0 Å². The van der Waals surface area contributed by atoms with Gasteiger partial charge in [-0.2, -0.15) is 0 Å². The fourth-order valence-corrected chi connectivity index (χ4v) is 2.98. The van der Waals surface area contributed by atoms with E-state index >= 15 is 0 Å². The average Bonchev–Trinajstić information content (AvgIpc) is 2.97. The molecule has 3 rings (SSSR count). The predicted molar refractivity (Wildman–Crippen MR) is 102 cm³/mol. The van der Waals surface area contributed by atoms with Crippen molar-refractivity contribution in [1.82, 2.24) is 4.57 Å². The van der Waals surface area contributed by atoms with Gasteiger partial charge in [0.15, 0.2) is 0 Å². The van der Waals surface area contributed by atoms with E-state index < -0.39 is 0 Å². The maximum Gasteiger partial charge on any atom is 0.289 e. The second kappa shape index (κ2) is 8.49. The monoisotopic (exact) mass is 321 g/mol. The predicted octanol–water partition coefficient (Wildman–Crippen LogP) is 5.18. The summed E-state index contributed by atoms with van der Waals surface area (Å²) in [5.41, 5.74) is 4.04. The Balaban J connectivity index is 0.00000100. The third kappa shape index (κ3) is 3.94. The van der Waals surface area contributed by atoms with Gasteiger partial charge in [-0.3, -0.25) is 0 Å². The van der Waals surface area contributed by atoms with Crippen molar-refractivity contribution in [1.29, 1.82) is 0 Å². The number of aryl methyl sites for hydroxylation is 1. The highest BCUT2D eigenvalue weighted by Gasteiger charge is 2.21. The minimum Gasteiger partial charge on any atom is -0.233 e. The molecule has 0 bridgehead atoms. The SMILES string of the molecule is CC.CC(C)c1ccccc1-c1n(Cc2ccccc2)cc[n+]1C. The van der Waals surface area contributed by atoms with Crippen molar-refractivity contribution in [3.63, 3.8) is 0 Å². The second-order valence-electron chi connectivity index (χ2n) is 6.09. The molecule has 0 saturated carbocycles. The maximum atomic E-state index is 2.33. The summed E-state index contributed by atoms with van der Waals surface area (Å²) in [5, 5.41) is 0. The number of benzene rings is 2. The lowest BCUT2D eigenvalue weighted by atomic mass is 9.96. The van der Waals surface area contributed by atoms with E-state index in [0.717, 1.165) is 6.54 Å². The molecular weight excluding hydrogens is 292 g/mol. The molecule has 126 valence electrons. The minimum absolute atomic E-state index is 0.510. The zero-order chi connectivity index (χ0) is 17.5. The first-order valence-corrected chi connectivity index (χ1v) is 8.85. The van der Waals surface area contributed by atoms with Crippen LogP contribution in [0.1, 0.15) is 44.7 Å². The molecule has 1 heterocycles. The average molecular weight is 321 g/mol. The summed E-state index contributed by atoms with van der Waals surface area (Å²) < 4.78 is 4.54. The molecule has 1 aromatic heterocycles. The maximum absolute atomic E-state index is 2.33. The van der Waals surface area contributed by atoms with Crippen molar-refractivity contribution in [3.8, 4) is 11.4 Å². The van der Waals surface area contributed by atoms with E-state index in [9.17, 15) is 0 Å². The molecule has 24 heavy (non-hydrogen) atoms. The standard InChI is InChI=1S/C20H23N2.C2H6/c1-16(2)18-11-7-8-12-19(18)20-21(3)13-14-22(20)15-17-9-5-4-6-10-17;1-2/h4-14,16H,15H2,1-3H3;1-2H3/q+1;. The van der Waals surface area contributed by atoms with Gasteiger partial charge in [0.1, 0.15) is 18.9 Å². The summed E-state index contributed by atoms with van der Waals surface area (Å²) in [4.78, 5) is 0. The lowest BCUT2D eigenvalue weighted by molar-refractivity contribution is -0.659. The third-order valence-corrected chi connectivity index (χ3v) is 4.10. The van der Waals surface area contributed by atoms with Crippen LogP contribution in [0.25, 0.3) is 11.4 Å². The first kappa shape index (κ1) is 18.0. The molecule has 0 atom stereocenters. The van der Waals surface area contributed by atoms with Gasteiger partial charge in [-0.15, -0.1) is 0 Å². The van der Waals surface area contributed by atoms with E-state index in [1.165, 1.54) is 22.5 Å². The van der Waals surface area contributed by atoms with Crippen molar-refractivity contribution >= 4 is 0 Å². The zero-order valence-corrected chi connectivity index (χ0v) is 15.5. The van der Waals surface area contributed by atoms with E-state index in [4.69, 9.17) is 0 Å². The van der Waals surface area contributed by atoms with Gasteiger partial charge in [0, 0.05) is 0 Å². The highest BCUT2D eigenvalue weighted by molar-refractivity contribution is 5.59. The van der Waals surface area contributed by atoms with E-state index in [1.54, 1.807) is 0 Å². The molecule has 0 fully saturated rings. The zero-order valence-electron chi connectivity index (χ0n) is 15.5. The van der Waals surface area contributed by atoms with Crippen LogP contribution in [0.3, 0.4) is 0 Å².